The van der Waals surface area contributed by atoms with Crippen molar-refractivity contribution in [3.63, 3.8) is 0 Å². The molecule has 4 nitrogen and oxygen atoms in total. The van der Waals surface area contributed by atoms with Crippen molar-refractivity contribution in [1.82, 2.24) is 9.78 Å². The van der Waals surface area contributed by atoms with E-state index in [0.29, 0.717) is 18.5 Å². The van der Waals surface area contributed by atoms with E-state index in [9.17, 15) is 14.3 Å². The van der Waals surface area contributed by atoms with Crippen molar-refractivity contribution in [3.8, 4) is 0 Å². The van der Waals surface area contributed by atoms with Crippen LogP contribution in [0.4, 0.5) is 4.39 Å². The van der Waals surface area contributed by atoms with E-state index in [2.05, 4.69) is 5.10 Å². The van der Waals surface area contributed by atoms with Crippen molar-refractivity contribution >= 4 is 5.97 Å². The Morgan fingerprint density at radius 3 is 2.71 bits per heavy atom. The molecular weight excluding hydrogens is 271 g/mol. The largest absolute Gasteiger partial charge is 0.481 e. The molecule has 0 saturated heterocycles. The van der Waals surface area contributed by atoms with Gasteiger partial charge in [-0.05, 0) is 37.1 Å². The summed E-state index contributed by atoms with van der Waals surface area (Å²) in [6.07, 6.45) is 1.11. The SMILES string of the molecule is CCc1cc(CC(C(=O)O)c2cccc(F)c2)n(CC)n1. The normalized spacial score (nSPS) is 12.3. The topological polar surface area (TPSA) is 55.1 Å². The summed E-state index contributed by atoms with van der Waals surface area (Å²) >= 11 is 0. The maximum Gasteiger partial charge on any atom is 0.311 e. The van der Waals surface area contributed by atoms with Crippen LogP contribution < -0.4 is 0 Å². The predicted octanol–water partition coefficient (Wildman–Crippen LogP) is 3.02. The molecular formula is C16H19FN2O2. The maximum atomic E-state index is 13.3. The highest BCUT2D eigenvalue weighted by atomic mass is 19.1. The van der Waals surface area contributed by atoms with E-state index in [-0.39, 0.29) is 0 Å². The van der Waals surface area contributed by atoms with E-state index < -0.39 is 17.7 Å². The first-order chi connectivity index (χ1) is 10.0. The molecule has 5 heteroatoms. The molecule has 2 aromatic rings. The first-order valence-corrected chi connectivity index (χ1v) is 7.09. The summed E-state index contributed by atoms with van der Waals surface area (Å²) in [5.41, 5.74) is 2.28. The van der Waals surface area contributed by atoms with Gasteiger partial charge in [0.25, 0.3) is 0 Å². The summed E-state index contributed by atoms with van der Waals surface area (Å²) in [5, 5.41) is 13.9. The number of hydrogen-bond acceptors (Lipinski definition) is 2. The molecule has 0 bridgehead atoms. The molecule has 0 aliphatic carbocycles. The van der Waals surface area contributed by atoms with Crippen LogP contribution in [0, 0.1) is 5.82 Å². The molecule has 0 radical (unpaired) electrons. The van der Waals surface area contributed by atoms with Crippen LogP contribution in [0.15, 0.2) is 30.3 Å². The van der Waals surface area contributed by atoms with E-state index in [4.69, 9.17) is 0 Å². The second-order valence-corrected chi connectivity index (χ2v) is 4.95. The number of benzene rings is 1. The number of halogens is 1. The minimum Gasteiger partial charge on any atom is -0.481 e. The van der Waals surface area contributed by atoms with Crippen molar-refractivity contribution in [2.24, 2.45) is 0 Å². The fourth-order valence-electron chi connectivity index (χ4n) is 2.41. The average Bonchev–Trinajstić information content (AvgIpc) is 2.86. The van der Waals surface area contributed by atoms with Gasteiger partial charge in [0, 0.05) is 18.7 Å². The summed E-state index contributed by atoms with van der Waals surface area (Å²) in [5.74, 6) is -2.15. The van der Waals surface area contributed by atoms with Gasteiger partial charge in [0.2, 0.25) is 0 Å². The number of rotatable bonds is 6. The zero-order valence-corrected chi connectivity index (χ0v) is 12.2. The van der Waals surface area contributed by atoms with Crippen molar-refractivity contribution in [2.45, 2.75) is 39.2 Å². The fourth-order valence-corrected chi connectivity index (χ4v) is 2.41. The van der Waals surface area contributed by atoms with Gasteiger partial charge in [-0.1, -0.05) is 19.1 Å². The lowest BCUT2D eigenvalue weighted by atomic mass is 9.94. The van der Waals surface area contributed by atoms with Gasteiger partial charge >= 0.3 is 5.97 Å². The molecule has 1 aromatic heterocycles. The lowest BCUT2D eigenvalue weighted by molar-refractivity contribution is -0.138. The Kier molecular flexibility index (Phi) is 4.73. The third-order valence-electron chi connectivity index (χ3n) is 3.54. The molecule has 0 aliphatic heterocycles. The first kappa shape index (κ1) is 15.2. The molecule has 2 rings (SSSR count). The van der Waals surface area contributed by atoms with Crippen LogP contribution in [0.3, 0.4) is 0 Å². The summed E-state index contributed by atoms with van der Waals surface area (Å²) in [6, 6.07) is 7.71. The van der Waals surface area contributed by atoms with Gasteiger partial charge in [0.15, 0.2) is 0 Å². The highest BCUT2D eigenvalue weighted by molar-refractivity contribution is 5.76. The standard InChI is InChI=1S/C16H19FN2O2/c1-3-13-9-14(19(4-2)18-13)10-15(16(20)21)11-6-5-7-12(17)8-11/h5-9,15H,3-4,10H2,1-2H3,(H,20,21). The molecule has 0 saturated carbocycles. The van der Waals surface area contributed by atoms with Gasteiger partial charge in [0.05, 0.1) is 11.6 Å². The van der Waals surface area contributed by atoms with Gasteiger partial charge in [-0.25, -0.2) is 4.39 Å². The molecule has 0 aliphatic rings. The van der Waals surface area contributed by atoms with Crippen LogP contribution in [0.25, 0.3) is 0 Å². The Hall–Kier alpha value is -2.17. The molecule has 1 heterocycles. The van der Waals surface area contributed by atoms with Crippen LogP contribution in [0.2, 0.25) is 0 Å². The van der Waals surface area contributed by atoms with Crippen LogP contribution in [0.5, 0.6) is 0 Å². The number of hydrogen-bond donors (Lipinski definition) is 1. The monoisotopic (exact) mass is 290 g/mol. The minimum absolute atomic E-state index is 0.305. The molecule has 0 amide bonds. The average molecular weight is 290 g/mol. The van der Waals surface area contributed by atoms with Gasteiger partial charge in [-0.3, -0.25) is 9.48 Å². The molecule has 112 valence electrons. The van der Waals surface area contributed by atoms with Crippen molar-refractivity contribution in [1.29, 1.82) is 0 Å². The Balaban J connectivity index is 2.32. The fraction of sp³-hybridized carbons (Fsp3) is 0.375. The number of carboxylic acid groups (broad SMARTS) is 1. The molecule has 0 fully saturated rings. The third kappa shape index (κ3) is 3.48. The zero-order chi connectivity index (χ0) is 15.4. The Morgan fingerprint density at radius 1 is 1.38 bits per heavy atom. The highest BCUT2D eigenvalue weighted by Gasteiger charge is 2.23. The zero-order valence-electron chi connectivity index (χ0n) is 12.2. The minimum atomic E-state index is -0.956. The Morgan fingerprint density at radius 2 is 2.14 bits per heavy atom. The van der Waals surface area contributed by atoms with Gasteiger partial charge in [-0.2, -0.15) is 5.10 Å². The van der Waals surface area contributed by atoms with E-state index in [0.717, 1.165) is 17.8 Å². The van der Waals surface area contributed by atoms with Gasteiger partial charge < -0.3 is 5.11 Å². The maximum absolute atomic E-state index is 13.3. The van der Waals surface area contributed by atoms with Crippen LogP contribution in [-0.4, -0.2) is 20.9 Å². The molecule has 1 aromatic carbocycles. The second kappa shape index (κ2) is 6.52. The van der Waals surface area contributed by atoms with Gasteiger partial charge in [-0.15, -0.1) is 0 Å². The Labute approximate surface area is 123 Å². The summed E-state index contributed by atoms with van der Waals surface area (Å²) in [6.45, 7) is 4.66. The Bertz CT molecular complexity index is 637. The molecule has 21 heavy (non-hydrogen) atoms. The highest BCUT2D eigenvalue weighted by Crippen LogP contribution is 2.23. The number of nitrogens with zero attached hydrogens (tertiary/aromatic N) is 2. The quantitative estimate of drug-likeness (QED) is 0.889. The van der Waals surface area contributed by atoms with E-state index in [1.807, 2.05) is 24.6 Å². The number of aryl methyl sites for hydroxylation is 2. The third-order valence-corrected chi connectivity index (χ3v) is 3.54. The number of aliphatic carboxylic acids is 1. The number of aromatic nitrogens is 2. The van der Waals surface area contributed by atoms with Gasteiger partial charge in [0.1, 0.15) is 5.82 Å². The van der Waals surface area contributed by atoms with E-state index in [1.165, 1.54) is 18.2 Å². The van der Waals surface area contributed by atoms with Crippen LogP contribution >= 0.6 is 0 Å². The van der Waals surface area contributed by atoms with Crippen molar-refractivity contribution in [3.05, 3.63) is 53.1 Å². The number of carboxylic acids is 1. The molecule has 1 N–H and O–H groups in total. The summed E-state index contributed by atoms with van der Waals surface area (Å²) in [7, 11) is 0. The summed E-state index contributed by atoms with van der Waals surface area (Å²) in [4.78, 5) is 11.5. The van der Waals surface area contributed by atoms with Crippen LogP contribution in [0.1, 0.15) is 36.7 Å². The number of carbonyl (C=O) groups is 1. The molecule has 0 spiro atoms. The lowest BCUT2D eigenvalue weighted by Gasteiger charge is -2.13. The first-order valence-electron chi connectivity index (χ1n) is 7.09. The molecule has 1 unspecified atom stereocenters. The van der Waals surface area contributed by atoms with E-state index >= 15 is 0 Å². The van der Waals surface area contributed by atoms with Crippen LogP contribution in [-0.2, 0) is 24.2 Å². The smallest absolute Gasteiger partial charge is 0.311 e. The summed E-state index contributed by atoms with van der Waals surface area (Å²) < 4.78 is 15.1. The lowest BCUT2D eigenvalue weighted by Crippen LogP contribution is -2.17. The van der Waals surface area contributed by atoms with E-state index in [1.54, 1.807) is 6.07 Å². The van der Waals surface area contributed by atoms with Crippen molar-refractivity contribution in [2.75, 3.05) is 0 Å². The second-order valence-electron chi connectivity index (χ2n) is 4.95. The molecule has 1 atom stereocenters. The van der Waals surface area contributed by atoms with Crippen molar-refractivity contribution < 1.29 is 14.3 Å². The predicted molar refractivity (Wildman–Crippen MR) is 77.8 cm³/mol.